The van der Waals surface area contributed by atoms with Gasteiger partial charge in [0.05, 0.1) is 22.0 Å². The molecule has 1 aliphatic heterocycles. The third kappa shape index (κ3) is 3.15. The first kappa shape index (κ1) is 22.9. The molecule has 2 amide bonds. The molecular weight excluding hydrogens is 522 g/mol. The molecule has 36 heavy (non-hydrogen) atoms. The number of carbonyl (C=O) groups is 4. The van der Waals surface area contributed by atoms with Gasteiger partial charge in [-0.1, -0.05) is 48.0 Å². The maximum Gasteiger partial charge on any atom is 0.238 e. The first-order valence-corrected chi connectivity index (χ1v) is 12.7. The van der Waals surface area contributed by atoms with E-state index in [1.807, 2.05) is 18.2 Å². The lowest BCUT2D eigenvalue weighted by Crippen LogP contribution is -2.39. The fraction of sp³-hybridized carbons (Fsp3) is 0.241. The van der Waals surface area contributed by atoms with Gasteiger partial charge in [-0.2, -0.15) is 0 Å². The maximum atomic E-state index is 13.8. The van der Waals surface area contributed by atoms with E-state index in [1.165, 1.54) is 11.0 Å². The van der Waals surface area contributed by atoms with Gasteiger partial charge in [-0.15, -0.1) is 0 Å². The van der Waals surface area contributed by atoms with Gasteiger partial charge < -0.3 is 5.11 Å². The zero-order valence-electron chi connectivity index (χ0n) is 19.4. The van der Waals surface area contributed by atoms with Crippen LogP contribution in [-0.2, 0) is 19.2 Å². The van der Waals surface area contributed by atoms with Crippen molar-refractivity contribution in [1.29, 1.82) is 0 Å². The normalized spacial score (nSPS) is 27.4. The molecule has 4 unspecified atom stereocenters. The van der Waals surface area contributed by atoms with Crippen LogP contribution in [0.4, 0.5) is 5.69 Å². The van der Waals surface area contributed by atoms with Crippen LogP contribution in [0.3, 0.4) is 0 Å². The topological polar surface area (TPSA) is 91.8 Å². The first-order chi connectivity index (χ1) is 17.3. The molecule has 4 atom stereocenters. The Morgan fingerprint density at radius 1 is 0.944 bits per heavy atom. The first-order valence-electron chi connectivity index (χ1n) is 11.9. The van der Waals surface area contributed by atoms with Crippen LogP contribution in [0.5, 0.6) is 5.75 Å². The zero-order chi connectivity index (χ0) is 25.3. The van der Waals surface area contributed by atoms with Gasteiger partial charge >= 0.3 is 0 Å². The smallest absolute Gasteiger partial charge is 0.238 e. The zero-order valence-corrected chi connectivity index (χ0v) is 21.0. The van der Waals surface area contributed by atoms with Crippen molar-refractivity contribution in [3.05, 3.63) is 93.0 Å². The number of allylic oxidation sites excluding steroid dienone is 6. The van der Waals surface area contributed by atoms with E-state index in [9.17, 15) is 24.3 Å². The lowest BCUT2D eigenvalue weighted by atomic mass is 9.59. The number of ketones is 2. The van der Waals surface area contributed by atoms with E-state index < -0.39 is 23.7 Å². The van der Waals surface area contributed by atoms with Crippen LogP contribution in [0.25, 0.3) is 0 Å². The van der Waals surface area contributed by atoms with Crippen LogP contribution in [0.1, 0.15) is 29.9 Å². The number of para-hydroxylation sites is 2. The van der Waals surface area contributed by atoms with Crippen LogP contribution in [0, 0.1) is 24.7 Å². The van der Waals surface area contributed by atoms with Gasteiger partial charge in [-0.3, -0.25) is 24.1 Å². The van der Waals surface area contributed by atoms with Crippen LogP contribution < -0.4 is 4.90 Å². The van der Waals surface area contributed by atoms with Gasteiger partial charge in [-0.05, 0) is 59.3 Å². The monoisotopic (exact) mass is 543 g/mol. The number of hydrogen-bond donors (Lipinski definition) is 1. The minimum absolute atomic E-state index is 0.0617. The Morgan fingerprint density at radius 3 is 2.44 bits per heavy atom. The summed E-state index contributed by atoms with van der Waals surface area (Å²) < 4.78 is 0.179. The Labute approximate surface area is 216 Å². The molecule has 2 aromatic carbocycles. The Morgan fingerprint density at radius 2 is 1.69 bits per heavy atom. The second-order valence-corrected chi connectivity index (χ2v) is 10.6. The number of phenolic OH excluding ortho intramolecular Hbond substituents is 1. The summed E-state index contributed by atoms with van der Waals surface area (Å²) in [6.45, 7) is 1.78. The number of amides is 2. The van der Waals surface area contributed by atoms with Crippen molar-refractivity contribution in [2.24, 2.45) is 17.8 Å². The van der Waals surface area contributed by atoms with Crippen molar-refractivity contribution in [3.8, 4) is 5.75 Å². The van der Waals surface area contributed by atoms with E-state index in [2.05, 4.69) is 15.9 Å². The van der Waals surface area contributed by atoms with Crippen molar-refractivity contribution >= 4 is 45.0 Å². The summed E-state index contributed by atoms with van der Waals surface area (Å²) >= 11 is 3.23. The predicted octanol–water partition coefficient (Wildman–Crippen LogP) is 4.67. The number of anilines is 1. The van der Waals surface area contributed by atoms with Gasteiger partial charge in [0.15, 0.2) is 11.6 Å². The molecule has 1 heterocycles. The number of Topliss-reactive ketones (excluding diaryl/α,β-unsaturated/α-hetero) is 1. The second-order valence-electron chi connectivity index (χ2n) is 9.75. The van der Waals surface area contributed by atoms with Gasteiger partial charge in [0.2, 0.25) is 11.8 Å². The quantitative estimate of drug-likeness (QED) is 0.337. The molecule has 0 bridgehead atoms. The summed E-state index contributed by atoms with van der Waals surface area (Å²) in [6.07, 6.45) is 3.79. The summed E-state index contributed by atoms with van der Waals surface area (Å²) in [5, 5.41) is 11.0. The number of rotatable bonds is 2. The van der Waals surface area contributed by atoms with Gasteiger partial charge in [0, 0.05) is 28.7 Å². The molecule has 1 fully saturated rings. The number of imide groups is 1. The number of nitrogens with zero attached hydrogens (tertiary/aromatic N) is 1. The Hall–Kier alpha value is -3.58. The van der Waals surface area contributed by atoms with Gasteiger partial charge in [0.25, 0.3) is 0 Å². The number of halogens is 1. The Balaban J connectivity index is 1.52. The molecule has 0 radical (unpaired) electrons. The van der Waals surface area contributed by atoms with Crippen molar-refractivity contribution in [3.63, 3.8) is 0 Å². The highest BCUT2D eigenvalue weighted by molar-refractivity contribution is 9.12. The highest BCUT2D eigenvalue weighted by atomic mass is 79.9. The molecule has 180 valence electrons. The molecule has 0 saturated carbocycles. The third-order valence-corrected chi connectivity index (χ3v) is 8.51. The van der Waals surface area contributed by atoms with Crippen LogP contribution in [0.2, 0.25) is 0 Å². The van der Waals surface area contributed by atoms with E-state index in [1.54, 1.807) is 43.3 Å². The van der Waals surface area contributed by atoms with Crippen LogP contribution >= 0.6 is 15.9 Å². The molecule has 6 rings (SSSR count). The van der Waals surface area contributed by atoms with E-state index in [4.69, 9.17) is 0 Å². The lowest BCUT2D eigenvalue weighted by Gasteiger charge is -2.42. The summed E-state index contributed by atoms with van der Waals surface area (Å²) in [4.78, 5) is 55.0. The molecule has 0 aromatic heterocycles. The average molecular weight is 544 g/mol. The molecule has 6 nitrogen and oxygen atoms in total. The molecule has 4 aliphatic rings. The number of hydrogen-bond acceptors (Lipinski definition) is 5. The highest BCUT2D eigenvalue weighted by Gasteiger charge is 2.56. The van der Waals surface area contributed by atoms with Gasteiger partial charge in [-0.25, -0.2) is 0 Å². The summed E-state index contributed by atoms with van der Waals surface area (Å²) in [6, 6.07) is 14.2. The highest BCUT2D eigenvalue weighted by Crippen LogP contribution is 2.56. The second kappa shape index (κ2) is 8.23. The van der Waals surface area contributed by atoms with Crippen molar-refractivity contribution in [1.82, 2.24) is 0 Å². The minimum atomic E-state index is -0.665. The molecule has 3 aliphatic carbocycles. The predicted molar refractivity (Wildman–Crippen MR) is 136 cm³/mol. The van der Waals surface area contributed by atoms with Crippen molar-refractivity contribution in [2.45, 2.75) is 25.7 Å². The number of aryl methyl sites for hydroxylation is 1. The summed E-state index contributed by atoms with van der Waals surface area (Å²) in [5.41, 5.74) is 3.23. The van der Waals surface area contributed by atoms with Crippen molar-refractivity contribution < 1.29 is 24.3 Å². The number of fused-ring (bicyclic) bond motifs is 3. The largest absolute Gasteiger partial charge is 0.507 e. The van der Waals surface area contributed by atoms with E-state index in [-0.39, 0.29) is 40.0 Å². The number of phenols is 1. The summed E-state index contributed by atoms with van der Waals surface area (Å²) in [7, 11) is 0. The Kier molecular flexibility index (Phi) is 5.23. The van der Waals surface area contributed by atoms with Crippen LogP contribution in [0.15, 0.2) is 81.9 Å². The third-order valence-electron chi connectivity index (χ3n) is 7.93. The molecule has 2 aromatic rings. The number of carbonyl (C=O) groups excluding carboxylic acids is 4. The maximum absolute atomic E-state index is 13.8. The van der Waals surface area contributed by atoms with Crippen molar-refractivity contribution in [2.75, 3.05) is 4.90 Å². The van der Waals surface area contributed by atoms with E-state index in [0.29, 0.717) is 34.4 Å². The number of benzene rings is 2. The van der Waals surface area contributed by atoms with Gasteiger partial charge in [0.1, 0.15) is 5.75 Å². The SMILES string of the molecule is Cc1cccc(C2C3=CCC4C(=O)N(c5ccccc5)C(=O)C4C3CC3=C2C(=O)C=C(Br)C3=O)c1O. The molecular formula is C29H22BrNO5. The fourth-order valence-corrected chi connectivity index (χ4v) is 6.76. The van der Waals surface area contributed by atoms with E-state index >= 15 is 0 Å². The van der Waals surface area contributed by atoms with E-state index in [0.717, 1.165) is 5.57 Å². The minimum Gasteiger partial charge on any atom is -0.507 e. The average Bonchev–Trinajstić information content (AvgIpc) is 3.13. The standard InChI is InChI=1S/C29H22BrNO5/c1-14-6-5-9-17(26(14)33)23-16-10-11-18-24(29(36)31(28(18)35)15-7-3-2-4-8-15)19(16)12-20-25(23)22(32)13-21(30)27(20)34/h2-10,13,18-19,23-24,33H,11-12H2,1H3. The Bertz CT molecular complexity index is 1470. The molecule has 0 spiro atoms. The van der Waals surface area contributed by atoms with Crippen LogP contribution in [-0.4, -0.2) is 28.5 Å². The summed E-state index contributed by atoms with van der Waals surface area (Å²) in [5.74, 6) is -3.33. The number of aromatic hydroxyl groups is 1. The molecule has 7 heteroatoms. The lowest BCUT2D eigenvalue weighted by molar-refractivity contribution is -0.123. The molecule has 1 saturated heterocycles. The molecule has 1 N–H and O–H groups in total. The fourth-order valence-electron chi connectivity index (χ4n) is 6.31.